The average molecular weight is 2150 g/mol. The number of aryl methyl sites for hydroxylation is 4. The Hall–Kier alpha value is -13.6. The van der Waals surface area contributed by atoms with Gasteiger partial charge in [0.1, 0.15) is 23.0 Å². The predicted molar refractivity (Wildman–Crippen MR) is 516 cm³/mol. The summed E-state index contributed by atoms with van der Waals surface area (Å²) in [5.41, 5.74) is 8.83. The van der Waals surface area contributed by atoms with Gasteiger partial charge in [0.25, 0.3) is 29.5 Å². The fraction of sp³-hybridized carbons (Fsp3) is 0.474. The number of likely N-dealkylation sites (tertiary alicyclic amines) is 2. The molecule has 149 heavy (non-hydrogen) atoms. The Kier molecular flexibility index (Phi) is 36.2. The molecule has 6 aromatic carbocycles. The van der Waals surface area contributed by atoms with Gasteiger partial charge in [0, 0.05) is 141 Å². The van der Waals surface area contributed by atoms with Crippen molar-refractivity contribution in [3.8, 4) is 57.3 Å². The second-order valence-electron chi connectivity index (χ2n) is 36.1. The van der Waals surface area contributed by atoms with Crippen molar-refractivity contribution in [1.29, 1.82) is 0 Å². The number of nitrogens with one attached hydrogen (secondary N) is 5. The van der Waals surface area contributed by atoms with Crippen LogP contribution in [-0.4, -0.2) is 278 Å². The van der Waals surface area contributed by atoms with E-state index in [1.807, 2.05) is 22.8 Å². The molecule has 10 aromatic rings. The number of hydrogen-bond donors (Lipinski definition) is 9. The maximum Gasteiger partial charge on any atom is 0.265 e. The maximum atomic E-state index is 13.3. The average Bonchev–Trinajstić information content (AvgIpc) is 0.875. The van der Waals surface area contributed by atoms with Crippen LogP contribution in [0, 0.1) is 0 Å². The Morgan fingerprint density at radius 2 is 0.725 bits per heavy atom. The van der Waals surface area contributed by atoms with E-state index in [1.165, 1.54) is 119 Å². The molecule has 6 saturated heterocycles. The highest BCUT2D eigenvalue weighted by atomic mass is 32.2. The molecule has 8 aliphatic heterocycles. The largest absolute Gasteiger partial charge is 0.494 e. The van der Waals surface area contributed by atoms with Gasteiger partial charge < -0.3 is 80.4 Å². The smallest absolute Gasteiger partial charge is 0.265 e. The van der Waals surface area contributed by atoms with Gasteiger partial charge in [0.15, 0.2) is 69.8 Å². The van der Waals surface area contributed by atoms with Crippen molar-refractivity contribution in [3.63, 3.8) is 0 Å². The number of sulfone groups is 4. The van der Waals surface area contributed by atoms with Crippen molar-refractivity contribution in [2.24, 2.45) is 0 Å². The standard InChI is InChI=1S/C25H34N4O8S.C24H24N4O8S.C24H32N4O8S.C24H25N3O9S/c1-2-22(30)29-13-9-18(10-14-29)23-27-26-21(37-23)4-3-15-36-19-5-7-20(8-6-19)38(33,34)25(24(31)28-32)11-16-35-17-12-25;29-22-18-14-15(3-8-19(18)25-22)21-26-20(36-28-21)2-1-11-35-16-4-6-17(7-5-16)37(32,33)24(23(30)27-31)9-12-34-13-10-24;1-17(29)28-12-8-18(9-13-28)22-26-25-21(36-22)3-2-14-35-19-4-6-20(7-5-19)37(32,33)24(23(30)27-31)10-15-34-16-11-24;28-23(26-29)24(9-12-32-13-10-24)37(30,31)18-6-4-17(5-7-18)33-11-1-2-21-25-22(27-36-21)16-3-8-19-20(14-16)35-15-34-19/h5-8,18,32H,2-4,9-17H2,1H3,(H,28,31);3-8,14,31H,1-2,9-13H2,(H,25,29)(H,27,30);4-7,18,31H,2-3,8-16H2,1H3,(H,27,30);3-8,14,29H,1-2,9-13,15H2,(H,26,28). The summed E-state index contributed by atoms with van der Waals surface area (Å²) in [5, 5.41) is 63.9. The fourth-order valence-corrected chi connectivity index (χ4v) is 26.1. The summed E-state index contributed by atoms with van der Waals surface area (Å²) < 4.78 is 176. The van der Waals surface area contributed by atoms with Crippen LogP contribution in [0.15, 0.2) is 171 Å². The number of piperidine rings is 2. The van der Waals surface area contributed by atoms with Gasteiger partial charge >= 0.3 is 0 Å². The van der Waals surface area contributed by atoms with Gasteiger partial charge in [-0.3, -0.25) is 54.4 Å². The van der Waals surface area contributed by atoms with Gasteiger partial charge in [-0.1, -0.05) is 17.2 Å². The number of fused-ring (bicyclic) bond motifs is 2. The van der Waals surface area contributed by atoms with E-state index in [9.17, 15) is 67.2 Å². The van der Waals surface area contributed by atoms with Crippen LogP contribution in [0.3, 0.4) is 0 Å². The first kappa shape index (κ1) is 110. The molecule has 18 rings (SSSR count). The maximum absolute atomic E-state index is 13.3. The molecule has 0 unspecified atom stereocenters. The van der Waals surface area contributed by atoms with E-state index in [4.69, 9.17) is 86.1 Å². The molecule has 9 N–H and O–H groups in total. The number of amides is 7. The van der Waals surface area contributed by atoms with Crippen molar-refractivity contribution in [3.05, 3.63) is 174 Å². The molecule has 0 aliphatic carbocycles. The Morgan fingerprint density at radius 1 is 0.409 bits per heavy atom. The number of anilines is 1. The van der Waals surface area contributed by atoms with Crippen molar-refractivity contribution in [2.45, 2.75) is 199 Å². The molecular formula is C97H115N15O33S4. The number of nitrogens with zero attached hydrogens (tertiary/aromatic N) is 10. The third-order valence-electron chi connectivity index (χ3n) is 27.2. The summed E-state index contributed by atoms with van der Waals surface area (Å²) in [6.45, 7) is 8.60. The highest BCUT2D eigenvalue weighted by Gasteiger charge is 2.56. The summed E-state index contributed by atoms with van der Waals surface area (Å²) in [7, 11) is -16.3. The minimum Gasteiger partial charge on any atom is -0.494 e. The highest BCUT2D eigenvalue weighted by molar-refractivity contribution is 7.94. The highest BCUT2D eigenvalue weighted by Crippen LogP contribution is 2.43. The molecule has 0 bridgehead atoms. The lowest BCUT2D eigenvalue weighted by molar-refractivity contribution is -0.135. The number of benzene rings is 6. The van der Waals surface area contributed by atoms with Crippen LogP contribution < -0.4 is 55.7 Å². The second kappa shape index (κ2) is 49.3. The number of ether oxygens (including phenoxy) is 10. The Balaban J connectivity index is 0.000000149. The molecule has 0 atom stereocenters. The minimum absolute atomic E-state index is 0.0290. The van der Waals surface area contributed by atoms with Crippen LogP contribution >= 0.6 is 0 Å². The third kappa shape index (κ3) is 24.8. The van der Waals surface area contributed by atoms with E-state index in [-0.39, 0.29) is 160 Å². The first-order chi connectivity index (χ1) is 71.8. The number of hydrogen-bond acceptors (Lipinski definition) is 41. The molecule has 48 nitrogen and oxygen atoms in total. The van der Waals surface area contributed by atoms with Crippen LogP contribution in [0.4, 0.5) is 5.69 Å². The number of carbonyl (C=O) groups is 7. The number of hydroxylamine groups is 4. The van der Waals surface area contributed by atoms with Gasteiger partial charge in [-0.2, -0.15) is 9.97 Å². The molecule has 8 aliphatic rings. The quantitative estimate of drug-likeness (QED) is 0.0101. The molecule has 800 valence electrons. The van der Waals surface area contributed by atoms with Crippen LogP contribution in [0.1, 0.15) is 181 Å². The van der Waals surface area contributed by atoms with Crippen LogP contribution in [0.5, 0.6) is 34.5 Å². The van der Waals surface area contributed by atoms with Crippen LogP contribution in [0.2, 0.25) is 0 Å². The van der Waals surface area contributed by atoms with E-state index in [0.29, 0.717) is 203 Å². The van der Waals surface area contributed by atoms with Gasteiger partial charge in [-0.15, -0.1) is 20.4 Å². The van der Waals surface area contributed by atoms with Crippen molar-refractivity contribution >= 4 is 86.4 Å². The molecule has 0 saturated carbocycles. The summed E-state index contributed by atoms with van der Waals surface area (Å²) in [4.78, 5) is 96.6. The number of carbonyl (C=O) groups excluding carboxylic acids is 7. The Labute approximate surface area is 855 Å². The predicted octanol–water partition coefficient (Wildman–Crippen LogP) is 8.11. The van der Waals surface area contributed by atoms with Crippen molar-refractivity contribution < 1.29 is 153 Å². The lowest BCUT2D eigenvalue weighted by Crippen LogP contribution is -2.54. The summed E-state index contributed by atoms with van der Waals surface area (Å²) >= 11 is 0. The first-order valence-electron chi connectivity index (χ1n) is 48.5. The van der Waals surface area contributed by atoms with Crippen LogP contribution in [0.25, 0.3) is 22.8 Å². The van der Waals surface area contributed by atoms with E-state index < -0.39 is 82.0 Å². The normalized spacial score (nSPS) is 17.3. The Morgan fingerprint density at radius 3 is 1.05 bits per heavy atom. The lowest BCUT2D eigenvalue weighted by Gasteiger charge is -2.34. The van der Waals surface area contributed by atoms with Crippen molar-refractivity contribution in [1.82, 2.24) is 72.4 Å². The zero-order chi connectivity index (χ0) is 106. The van der Waals surface area contributed by atoms with E-state index >= 15 is 0 Å². The molecule has 6 fully saturated rings. The van der Waals surface area contributed by atoms with Crippen molar-refractivity contribution in [2.75, 3.05) is 118 Å². The molecule has 0 spiro atoms. The van der Waals surface area contributed by atoms with E-state index in [1.54, 1.807) is 37.3 Å². The molecule has 52 heteroatoms. The Bertz CT molecular complexity index is 6790. The third-order valence-corrected chi connectivity index (χ3v) is 37.2. The van der Waals surface area contributed by atoms with Gasteiger partial charge in [0.05, 0.1) is 57.3 Å². The lowest BCUT2D eigenvalue weighted by atomic mass is 9.96. The molecule has 0 radical (unpaired) electrons. The second-order valence-corrected chi connectivity index (χ2v) is 45.1. The zero-order valence-corrected chi connectivity index (χ0v) is 84.7. The van der Waals surface area contributed by atoms with Gasteiger partial charge in [-0.05, 0) is 236 Å². The summed E-state index contributed by atoms with van der Waals surface area (Å²) in [6, 6.07) is 34.1. The molecule has 4 aromatic heterocycles. The minimum atomic E-state index is -4.10. The fourth-order valence-electron chi connectivity index (χ4n) is 18.3. The summed E-state index contributed by atoms with van der Waals surface area (Å²) in [5.74, 6) is 3.79. The molecular weight excluding hydrogens is 2030 g/mol. The number of rotatable bonds is 37. The van der Waals surface area contributed by atoms with Gasteiger partial charge in [-0.25, -0.2) is 55.6 Å². The SMILES string of the molecule is CC(=O)N1CCC(c2nnc(CCCOc3ccc(S(=O)(=O)C4(C(=O)NO)CCOCC4)cc3)o2)CC1.CCC(=O)N1CCC(c2nnc(CCCOc3ccc(S(=O)(=O)C4(C(=O)NO)CCOCC4)cc3)o2)CC1.O=C(NO)C1(S(=O)(=O)c2ccc(OCCCc3nc(-c4ccc5c(c4)OCO5)no3)cc2)CCOCC1.O=C1Nc2ccc(-c3noc(CCCOc4ccc(S(=O)(=O)C5(C(=O)NO)CCOCC5)cc4)n3)cc21. The number of aromatic nitrogens is 8. The van der Waals surface area contributed by atoms with Crippen LogP contribution in [-0.2, 0) is 113 Å². The molecule has 7 amide bonds. The summed E-state index contributed by atoms with van der Waals surface area (Å²) in [6.07, 6.45) is 7.74. The zero-order valence-electron chi connectivity index (χ0n) is 81.5. The van der Waals surface area contributed by atoms with E-state index in [0.717, 1.165) is 36.9 Å². The topological polar surface area (TPSA) is 652 Å². The molecule has 12 heterocycles. The van der Waals surface area contributed by atoms with Gasteiger partial charge in [0.2, 0.25) is 65.6 Å². The first-order valence-corrected chi connectivity index (χ1v) is 54.5. The van der Waals surface area contributed by atoms with E-state index in [2.05, 4.69) is 46.0 Å². The monoisotopic (exact) mass is 2150 g/mol.